The van der Waals surface area contributed by atoms with Crippen LogP contribution in [0, 0.1) is 5.92 Å². The molecule has 0 spiro atoms. The van der Waals surface area contributed by atoms with E-state index in [0.717, 1.165) is 36.6 Å². The molecule has 0 radical (unpaired) electrons. The van der Waals surface area contributed by atoms with Gasteiger partial charge in [-0.05, 0) is 36.8 Å². The molecule has 42 heavy (non-hydrogen) atoms. The number of para-hydroxylation sites is 1. The van der Waals surface area contributed by atoms with Crippen molar-refractivity contribution in [3.63, 3.8) is 0 Å². The Morgan fingerprint density at radius 3 is 2.33 bits per heavy atom. The van der Waals surface area contributed by atoms with Gasteiger partial charge in [0.15, 0.2) is 5.69 Å². The molecule has 10 nitrogen and oxygen atoms in total. The molecule has 3 heterocycles. The summed E-state index contributed by atoms with van der Waals surface area (Å²) in [6.45, 7) is 4.91. The minimum Gasteiger partial charge on any atom is -0.475 e. The van der Waals surface area contributed by atoms with E-state index in [2.05, 4.69) is 15.6 Å². The van der Waals surface area contributed by atoms with Crippen molar-refractivity contribution < 1.29 is 37.1 Å². The highest BCUT2D eigenvalue weighted by molar-refractivity contribution is 5.88. The Balaban J connectivity index is 1.68. The minimum absolute atomic E-state index is 0.00103. The number of carboxylic acids is 1. The lowest BCUT2D eigenvalue weighted by Gasteiger charge is -2.27. The molecule has 1 aliphatic rings. The zero-order valence-electron chi connectivity index (χ0n) is 23.8. The first-order valence-electron chi connectivity index (χ1n) is 14.0. The normalized spacial score (nSPS) is 15.8. The van der Waals surface area contributed by atoms with Crippen molar-refractivity contribution >= 4 is 28.8 Å². The van der Waals surface area contributed by atoms with Gasteiger partial charge in [-0.3, -0.25) is 4.79 Å². The molecule has 0 aliphatic carbocycles. The molecule has 3 N–H and O–H groups in total. The van der Waals surface area contributed by atoms with Gasteiger partial charge in [0.25, 0.3) is 0 Å². The van der Waals surface area contributed by atoms with Crippen LogP contribution in [0.3, 0.4) is 0 Å². The number of carboxylic acid groups (broad SMARTS) is 1. The van der Waals surface area contributed by atoms with Gasteiger partial charge >= 0.3 is 18.2 Å². The van der Waals surface area contributed by atoms with Crippen LogP contribution in [0.1, 0.15) is 79.7 Å². The van der Waals surface area contributed by atoms with Gasteiger partial charge in [-0.15, -0.1) is 0 Å². The summed E-state index contributed by atoms with van der Waals surface area (Å²) in [7, 11) is 1.81. The average Bonchev–Trinajstić information content (AvgIpc) is 3.39. The molecule has 3 aromatic rings. The molecule has 0 unspecified atom stereocenters. The van der Waals surface area contributed by atoms with E-state index in [9.17, 15) is 32.7 Å². The highest BCUT2D eigenvalue weighted by Gasteiger charge is 2.42. The monoisotopic (exact) mass is 591 g/mol. The Labute approximate surface area is 241 Å². The number of aromatic nitrogens is 2. The zero-order chi connectivity index (χ0) is 30.6. The first-order chi connectivity index (χ1) is 19.8. The van der Waals surface area contributed by atoms with Gasteiger partial charge in [0.05, 0.1) is 0 Å². The summed E-state index contributed by atoms with van der Waals surface area (Å²) in [5, 5.41) is 15.7. The Morgan fingerprint density at radius 1 is 1.07 bits per heavy atom. The van der Waals surface area contributed by atoms with Crippen molar-refractivity contribution in [3.05, 3.63) is 53.4 Å². The Morgan fingerprint density at radius 2 is 1.74 bits per heavy atom. The lowest BCUT2D eigenvalue weighted by Crippen LogP contribution is -2.52. The molecule has 0 saturated carbocycles. The number of likely N-dealkylation sites (tertiary alicyclic amines) is 1. The summed E-state index contributed by atoms with van der Waals surface area (Å²) >= 11 is 0. The number of oxazole rings is 1. The zero-order valence-corrected chi connectivity index (χ0v) is 23.8. The molecule has 3 amide bonds. The third-order valence-corrected chi connectivity index (χ3v) is 7.34. The number of rotatable bonds is 9. The molecule has 228 valence electrons. The summed E-state index contributed by atoms with van der Waals surface area (Å²) in [6, 6.07) is 4.73. The van der Waals surface area contributed by atoms with Crippen LogP contribution in [-0.4, -0.2) is 56.6 Å². The van der Waals surface area contributed by atoms with E-state index < -0.39 is 47.5 Å². The minimum atomic E-state index is -5.09. The number of alkyl halides is 3. The third kappa shape index (κ3) is 7.24. The number of hydrogen-bond donors (Lipinski definition) is 3. The summed E-state index contributed by atoms with van der Waals surface area (Å²) < 4.78 is 48.0. The van der Waals surface area contributed by atoms with Crippen molar-refractivity contribution in [1.82, 2.24) is 25.1 Å². The predicted molar refractivity (Wildman–Crippen MR) is 148 cm³/mol. The Kier molecular flexibility index (Phi) is 9.47. The van der Waals surface area contributed by atoms with Crippen molar-refractivity contribution in [2.24, 2.45) is 13.0 Å². The SMILES string of the molecule is CC(C)C[C@H](NC(=O)N1CCCCCC1)C(=O)N[C@H](Cc1cn(C)c2ccccc12)c1nc(C(F)(F)F)c(C(=O)O)o1. The van der Waals surface area contributed by atoms with Gasteiger partial charge in [-0.25, -0.2) is 14.6 Å². The first-order valence-corrected chi connectivity index (χ1v) is 14.0. The number of hydrogen-bond acceptors (Lipinski definition) is 5. The van der Waals surface area contributed by atoms with E-state index in [1.807, 2.05) is 49.7 Å². The lowest BCUT2D eigenvalue weighted by molar-refractivity contribution is -0.141. The molecule has 1 fully saturated rings. The molecule has 2 aromatic heterocycles. The number of aryl methyl sites for hydroxylation is 1. The predicted octanol–water partition coefficient (Wildman–Crippen LogP) is 5.28. The topological polar surface area (TPSA) is 130 Å². The fourth-order valence-electron chi connectivity index (χ4n) is 5.32. The second-order valence-corrected chi connectivity index (χ2v) is 11.1. The quantitative estimate of drug-likeness (QED) is 0.310. The number of halogens is 3. The fraction of sp³-hybridized carbons (Fsp3) is 0.517. The van der Waals surface area contributed by atoms with Gasteiger partial charge in [0.2, 0.25) is 17.6 Å². The molecule has 4 rings (SSSR count). The number of benzene rings is 1. The van der Waals surface area contributed by atoms with Crippen molar-refractivity contribution in [3.8, 4) is 0 Å². The lowest BCUT2D eigenvalue weighted by atomic mass is 10.0. The molecule has 1 aromatic carbocycles. The van der Waals surface area contributed by atoms with E-state index in [-0.39, 0.29) is 24.8 Å². The van der Waals surface area contributed by atoms with Crippen LogP contribution in [0.4, 0.5) is 18.0 Å². The van der Waals surface area contributed by atoms with E-state index in [4.69, 9.17) is 4.42 Å². The summed E-state index contributed by atoms with van der Waals surface area (Å²) in [5.74, 6) is -4.52. The fourth-order valence-corrected chi connectivity index (χ4v) is 5.32. The van der Waals surface area contributed by atoms with Crippen LogP contribution >= 0.6 is 0 Å². The van der Waals surface area contributed by atoms with Gasteiger partial charge in [-0.2, -0.15) is 13.2 Å². The number of fused-ring (bicyclic) bond motifs is 1. The Hall–Kier alpha value is -4.03. The number of nitrogens with one attached hydrogen (secondary N) is 2. The highest BCUT2D eigenvalue weighted by atomic mass is 19.4. The van der Waals surface area contributed by atoms with Crippen LogP contribution in [0.5, 0.6) is 0 Å². The number of aromatic carboxylic acids is 1. The van der Waals surface area contributed by atoms with E-state index in [1.165, 1.54) is 0 Å². The molecule has 0 bridgehead atoms. The summed E-state index contributed by atoms with van der Waals surface area (Å²) in [6.07, 6.45) is 0.670. The third-order valence-electron chi connectivity index (χ3n) is 7.34. The van der Waals surface area contributed by atoms with Crippen LogP contribution in [-0.2, 0) is 24.4 Å². The number of amides is 3. The molecular formula is C29H36F3N5O5. The number of carbonyl (C=O) groups is 3. The first kappa shape index (κ1) is 30.9. The largest absolute Gasteiger partial charge is 0.475 e. The molecule has 2 atom stereocenters. The van der Waals surface area contributed by atoms with Crippen LogP contribution in [0.2, 0.25) is 0 Å². The van der Waals surface area contributed by atoms with Gasteiger partial charge in [0.1, 0.15) is 12.1 Å². The van der Waals surface area contributed by atoms with Gasteiger partial charge in [-0.1, -0.05) is 44.9 Å². The summed E-state index contributed by atoms with van der Waals surface area (Å²) in [5.41, 5.74) is -0.152. The van der Waals surface area contributed by atoms with Crippen LogP contribution in [0.15, 0.2) is 34.9 Å². The smallest absolute Gasteiger partial charge is 0.437 e. The van der Waals surface area contributed by atoms with Crippen molar-refractivity contribution in [2.75, 3.05) is 13.1 Å². The van der Waals surface area contributed by atoms with E-state index in [0.29, 0.717) is 18.7 Å². The average molecular weight is 592 g/mol. The molecule has 1 aliphatic heterocycles. The number of carbonyl (C=O) groups excluding carboxylic acids is 2. The molecular weight excluding hydrogens is 555 g/mol. The maximum absolute atomic E-state index is 13.7. The molecule has 13 heteroatoms. The second kappa shape index (κ2) is 12.9. The van der Waals surface area contributed by atoms with Crippen LogP contribution < -0.4 is 10.6 Å². The Bertz CT molecular complexity index is 1420. The van der Waals surface area contributed by atoms with Crippen molar-refractivity contribution in [1.29, 1.82) is 0 Å². The number of nitrogens with zero attached hydrogens (tertiary/aromatic N) is 3. The van der Waals surface area contributed by atoms with Gasteiger partial charge in [0, 0.05) is 43.7 Å². The van der Waals surface area contributed by atoms with E-state index in [1.54, 1.807) is 11.1 Å². The number of urea groups is 1. The van der Waals surface area contributed by atoms with Gasteiger partial charge < -0.3 is 29.6 Å². The maximum Gasteiger partial charge on any atom is 0.437 e. The summed E-state index contributed by atoms with van der Waals surface area (Å²) in [4.78, 5) is 43.6. The standard InChI is InChI=1S/C29H36F3N5O5/c1-17(2)14-20(34-28(41)37-12-8-4-5-9-13-37)25(38)33-21(15-18-16-36(3)22-11-7-6-10-19(18)22)26-35-24(29(30,31)32)23(42-26)27(39)40/h6-7,10-11,16-17,20-21H,4-5,8-9,12-15H2,1-3H3,(H,33,38)(H,34,41)(H,39,40)/t20-,21+/m0/s1. The van der Waals surface area contributed by atoms with Crippen molar-refractivity contribution in [2.45, 2.75) is 70.6 Å². The molecule has 1 saturated heterocycles. The van der Waals surface area contributed by atoms with Crippen LogP contribution in [0.25, 0.3) is 10.9 Å². The highest BCUT2D eigenvalue weighted by Crippen LogP contribution is 2.34. The second-order valence-electron chi connectivity index (χ2n) is 11.1. The van der Waals surface area contributed by atoms with E-state index >= 15 is 0 Å². The maximum atomic E-state index is 13.7.